The Labute approximate surface area is 150 Å². The molecule has 150 valence electrons. The van der Waals surface area contributed by atoms with Crippen LogP contribution in [0, 0.1) is 5.41 Å². The molecule has 0 aromatic carbocycles. The van der Waals surface area contributed by atoms with Crippen molar-refractivity contribution in [1.29, 1.82) is 0 Å². The topological polar surface area (TPSA) is 147 Å². The molecule has 0 aliphatic carbocycles. The van der Waals surface area contributed by atoms with Crippen LogP contribution in [0.25, 0.3) is 0 Å². The molecule has 0 aromatic rings. The Morgan fingerprint density at radius 1 is 1.35 bits per heavy atom. The second kappa shape index (κ2) is 9.31. The zero-order valence-electron chi connectivity index (χ0n) is 15.1. The van der Waals surface area contributed by atoms with Gasteiger partial charge in [-0.1, -0.05) is 13.8 Å². The molecule has 1 aliphatic heterocycles. The summed E-state index contributed by atoms with van der Waals surface area (Å²) < 4.78 is 36.8. The minimum Gasteiger partial charge on any atom is -0.481 e. The quantitative estimate of drug-likeness (QED) is 0.352. The molecule has 1 amide bonds. The van der Waals surface area contributed by atoms with E-state index in [0.717, 1.165) is 0 Å². The van der Waals surface area contributed by atoms with Crippen LogP contribution in [0.4, 0.5) is 4.79 Å². The third kappa shape index (κ3) is 7.28. The van der Waals surface area contributed by atoms with Crippen molar-refractivity contribution in [2.45, 2.75) is 46.3 Å². The Hall–Kier alpha value is -1.68. The average Bonchev–Trinajstić information content (AvgIpc) is 2.49. The predicted octanol–water partition coefficient (Wildman–Crippen LogP) is 1.66. The predicted molar refractivity (Wildman–Crippen MR) is 86.1 cm³/mol. The summed E-state index contributed by atoms with van der Waals surface area (Å²) in [6.07, 6.45) is -2.90. The summed E-state index contributed by atoms with van der Waals surface area (Å²) in [5, 5.41) is 11.0. The van der Waals surface area contributed by atoms with Crippen molar-refractivity contribution in [2.75, 3.05) is 19.9 Å². The molecule has 0 unspecified atom stereocenters. The van der Waals surface area contributed by atoms with Crippen LogP contribution >= 0.6 is 7.82 Å². The van der Waals surface area contributed by atoms with E-state index in [-0.39, 0.29) is 19.6 Å². The van der Waals surface area contributed by atoms with Crippen molar-refractivity contribution in [2.24, 2.45) is 5.41 Å². The molecule has 0 bridgehead atoms. The van der Waals surface area contributed by atoms with Crippen LogP contribution in [-0.2, 0) is 37.2 Å². The van der Waals surface area contributed by atoms with Crippen LogP contribution in [0.5, 0.6) is 0 Å². The van der Waals surface area contributed by atoms with E-state index >= 15 is 0 Å². The van der Waals surface area contributed by atoms with Gasteiger partial charge in [0.25, 0.3) is 0 Å². The molecular weight excluding hydrogens is 373 g/mol. The van der Waals surface area contributed by atoms with Gasteiger partial charge in [-0.25, -0.2) is 13.9 Å². The van der Waals surface area contributed by atoms with Gasteiger partial charge >= 0.3 is 19.9 Å². The lowest BCUT2D eigenvalue weighted by Crippen LogP contribution is -2.50. The standard InChI is InChI=1S/C14H24NO10P/c1-9(2)24-13(19)21-8-23-26(20)22-7-14(3,4)11(25-26)12(18)15-6-5-10(16)17/h9,11H,5-8H2,1-4H3,(H,15,18)(H,16,17)/t11-,26+/m0/s1. The Bertz CT molecular complexity index is 576. The minimum atomic E-state index is -4.15. The van der Waals surface area contributed by atoms with E-state index in [1.54, 1.807) is 27.7 Å². The maximum Gasteiger partial charge on any atom is 0.510 e. The molecule has 2 N–H and O–H groups in total. The number of phosphoric acid groups is 1. The number of rotatable bonds is 8. The van der Waals surface area contributed by atoms with Crippen LogP contribution in [0.3, 0.4) is 0 Å². The Morgan fingerprint density at radius 3 is 2.58 bits per heavy atom. The van der Waals surface area contributed by atoms with Crippen molar-refractivity contribution in [1.82, 2.24) is 5.32 Å². The highest BCUT2D eigenvalue weighted by Crippen LogP contribution is 2.57. The van der Waals surface area contributed by atoms with Gasteiger partial charge < -0.3 is 19.9 Å². The fraction of sp³-hybridized carbons (Fsp3) is 0.786. The van der Waals surface area contributed by atoms with E-state index in [1.807, 2.05) is 0 Å². The number of hydrogen-bond acceptors (Lipinski definition) is 9. The molecule has 0 saturated carbocycles. The Kier molecular flexibility index (Phi) is 8.01. The minimum absolute atomic E-state index is 0.111. The lowest BCUT2D eigenvalue weighted by molar-refractivity contribution is -0.143. The first-order chi connectivity index (χ1) is 11.9. The van der Waals surface area contributed by atoms with Crippen LogP contribution in [-0.4, -0.2) is 55.3 Å². The third-order valence-electron chi connectivity index (χ3n) is 3.13. The third-order valence-corrected chi connectivity index (χ3v) is 4.47. The molecule has 1 aliphatic rings. The summed E-state index contributed by atoms with van der Waals surface area (Å²) in [6.45, 7) is 5.54. The number of aliphatic carboxylic acids is 1. The van der Waals surface area contributed by atoms with Gasteiger partial charge in [0.1, 0.15) is 0 Å². The summed E-state index contributed by atoms with van der Waals surface area (Å²) in [5.74, 6) is -1.72. The maximum atomic E-state index is 12.4. The summed E-state index contributed by atoms with van der Waals surface area (Å²) in [6, 6.07) is 0. The number of nitrogens with one attached hydrogen (secondary N) is 1. The van der Waals surface area contributed by atoms with Gasteiger partial charge in [-0.3, -0.25) is 18.6 Å². The first-order valence-electron chi connectivity index (χ1n) is 7.85. The fourth-order valence-corrected chi connectivity index (χ4v) is 3.35. The fourth-order valence-electron chi connectivity index (χ4n) is 1.84. The molecule has 26 heavy (non-hydrogen) atoms. The molecule has 11 nitrogen and oxygen atoms in total. The highest BCUT2D eigenvalue weighted by molar-refractivity contribution is 7.48. The molecule has 1 fully saturated rings. The zero-order valence-corrected chi connectivity index (χ0v) is 15.9. The van der Waals surface area contributed by atoms with Gasteiger partial charge in [0.05, 0.1) is 19.1 Å². The molecule has 0 radical (unpaired) electrons. The van der Waals surface area contributed by atoms with Gasteiger partial charge in [-0.15, -0.1) is 0 Å². The number of phosphoric ester groups is 1. The van der Waals surface area contributed by atoms with Crippen LogP contribution < -0.4 is 5.32 Å². The van der Waals surface area contributed by atoms with Gasteiger partial charge in [0.2, 0.25) is 12.7 Å². The van der Waals surface area contributed by atoms with Gasteiger partial charge in [-0.2, -0.15) is 0 Å². The van der Waals surface area contributed by atoms with Gasteiger partial charge in [-0.05, 0) is 13.8 Å². The smallest absolute Gasteiger partial charge is 0.481 e. The van der Waals surface area contributed by atoms with Gasteiger partial charge in [0.15, 0.2) is 6.10 Å². The molecule has 0 aromatic heterocycles. The van der Waals surface area contributed by atoms with Crippen molar-refractivity contribution in [3.8, 4) is 0 Å². The number of carboxylic acids is 1. The second-order valence-electron chi connectivity index (χ2n) is 6.44. The van der Waals surface area contributed by atoms with Crippen molar-refractivity contribution >= 4 is 25.9 Å². The SMILES string of the molecule is CC(C)OC(=O)OCO[P@@]1(=O)OCC(C)(C)[C@H](C(=O)NCCC(=O)O)O1. The van der Waals surface area contributed by atoms with E-state index in [0.29, 0.717) is 0 Å². The van der Waals surface area contributed by atoms with Crippen LogP contribution in [0.2, 0.25) is 0 Å². The summed E-state index contributed by atoms with van der Waals surface area (Å²) >= 11 is 0. The number of hydrogen-bond donors (Lipinski definition) is 2. The average molecular weight is 397 g/mol. The molecule has 0 spiro atoms. The monoisotopic (exact) mass is 397 g/mol. The van der Waals surface area contributed by atoms with E-state index in [4.69, 9.17) is 23.4 Å². The molecule has 1 saturated heterocycles. The van der Waals surface area contributed by atoms with Crippen molar-refractivity contribution < 1.29 is 47.1 Å². The lowest BCUT2D eigenvalue weighted by atomic mass is 9.87. The molecular formula is C14H24NO10P. The number of carboxylic acid groups (broad SMARTS) is 1. The number of carbonyl (C=O) groups excluding carboxylic acids is 2. The first-order valence-corrected chi connectivity index (χ1v) is 9.32. The Balaban J connectivity index is 2.60. The number of amides is 1. The maximum absolute atomic E-state index is 12.4. The zero-order chi connectivity index (χ0) is 20.0. The van der Waals surface area contributed by atoms with Crippen molar-refractivity contribution in [3.63, 3.8) is 0 Å². The first kappa shape index (κ1) is 22.4. The van der Waals surface area contributed by atoms with E-state index in [1.165, 1.54) is 0 Å². The highest BCUT2D eigenvalue weighted by atomic mass is 31.2. The highest BCUT2D eigenvalue weighted by Gasteiger charge is 2.49. The van der Waals surface area contributed by atoms with E-state index in [9.17, 15) is 18.9 Å². The molecule has 12 heteroatoms. The van der Waals surface area contributed by atoms with E-state index < -0.39 is 50.3 Å². The summed E-state index contributed by atoms with van der Waals surface area (Å²) in [7, 11) is -4.15. The molecule has 2 atom stereocenters. The largest absolute Gasteiger partial charge is 0.510 e. The Morgan fingerprint density at radius 2 is 2.00 bits per heavy atom. The molecule has 1 rings (SSSR count). The number of ether oxygens (including phenoxy) is 2. The van der Waals surface area contributed by atoms with Crippen molar-refractivity contribution in [3.05, 3.63) is 0 Å². The van der Waals surface area contributed by atoms with Crippen LogP contribution in [0.15, 0.2) is 0 Å². The summed E-state index contributed by atoms with van der Waals surface area (Å²) in [4.78, 5) is 34.0. The van der Waals surface area contributed by atoms with E-state index in [2.05, 4.69) is 10.1 Å². The van der Waals surface area contributed by atoms with Gasteiger partial charge in [0, 0.05) is 12.0 Å². The summed E-state index contributed by atoms with van der Waals surface area (Å²) in [5.41, 5.74) is -0.845. The molecule has 1 heterocycles. The lowest BCUT2D eigenvalue weighted by Gasteiger charge is -2.39. The normalized spacial score (nSPS) is 24.7. The van der Waals surface area contributed by atoms with Crippen LogP contribution in [0.1, 0.15) is 34.1 Å². The second-order valence-corrected chi connectivity index (χ2v) is 8.06. The number of carbonyl (C=O) groups is 3.